The lowest BCUT2D eigenvalue weighted by Crippen LogP contribution is -2.06. The number of rotatable bonds is 5. The van der Waals surface area contributed by atoms with Crippen molar-refractivity contribution in [2.75, 3.05) is 11.9 Å². The minimum absolute atomic E-state index is 0.699. The van der Waals surface area contributed by atoms with E-state index in [0.717, 1.165) is 30.8 Å². The monoisotopic (exact) mass is 217 g/mol. The fourth-order valence-electron chi connectivity index (χ4n) is 1.44. The molecule has 0 fully saturated rings. The second kappa shape index (κ2) is 5.25. The van der Waals surface area contributed by atoms with E-state index >= 15 is 0 Å². The molecule has 0 aliphatic carbocycles. The summed E-state index contributed by atoms with van der Waals surface area (Å²) in [6.45, 7) is 2.82. The molecule has 5 heteroatoms. The Labute approximate surface area is 94.3 Å². The van der Waals surface area contributed by atoms with E-state index in [-0.39, 0.29) is 0 Å². The first kappa shape index (κ1) is 10.6. The maximum absolute atomic E-state index is 4.27. The van der Waals surface area contributed by atoms with E-state index in [1.807, 2.05) is 19.1 Å². The molecule has 84 valence electrons. The lowest BCUT2D eigenvalue weighted by Gasteiger charge is -2.03. The number of aryl methyl sites for hydroxylation is 2. The summed E-state index contributed by atoms with van der Waals surface area (Å²) in [4.78, 5) is 8.40. The smallest absolute Gasteiger partial charge is 0.222 e. The van der Waals surface area contributed by atoms with Crippen molar-refractivity contribution in [3.05, 3.63) is 35.9 Å². The van der Waals surface area contributed by atoms with E-state index < -0.39 is 0 Å². The van der Waals surface area contributed by atoms with Crippen molar-refractivity contribution in [3.8, 4) is 0 Å². The van der Waals surface area contributed by atoms with E-state index in [2.05, 4.69) is 25.5 Å². The topological polar surface area (TPSA) is 66.5 Å². The van der Waals surface area contributed by atoms with Crippen LogP contribution in [0, 0.1) is 6.92 Å². The first-order valence-corrected chi connectivity index (χ1v) is 5.36. The highest BCUT2D eigenvalue weighted by Crippen LogP contribution is 2.01. The third-order valence-electron chi connectivity index (χ3n) is 2.26. The molecule has 2 aromatic heterocycles. The highest BCUT2D eigenvalue weighted by molar-refractivity contribution is 5.24. The third-order valence-corrected chi connectivity index (χ3v) is 2.26. The van der Waals surface area contributed by atoms with Gasteiger partial charge in [-0.3, -0.25) is 5.10 Å². The van der Waals surface area contributed by atoms with Crippen LogP contribution in [-0.2, 0) is 6.42 Å². The Morgan fingerprint density at radius 3 is 3.00 bits per heavy atom. The van der Waals surface area contributed by atoms with E-state index in [0.29, 0.717) is 5.95 Å². The molecule has 2 heterocycles. The fraction of sp³-hybridized carbons (Fsp3) is 0.364. The van der Waals surface area contributed by atoms with Gasteiger partial charge in [0.05, 0.1) is 0 Å². The Morgan fingerprint density at radius 1 is 1.31 bits per heavy atom. The molecule has 0 spiro atoms. The first-order valence-electron chi connectivity index (χ1n) is 5.36. The minimum atomic E-state index is 0.699. The minimum Gasteiger partial charge on any atom is -0.354 e. The number of hydrogen-bond acceptors (Lipinski definition) is 4. The van der Waals surface area contributed by atoms with Crippen LogP contribution in [0.25, 0.3) is 0 Å². The summed E-state index contributed by atoms with van der Waals surface area (Å²) in [5.41, 5.74) is 2.14. The van der Waals surface area contributed by atoms with Crippen LogP contribution in [0.4, 0.5) is 5.95 Å². The normalized spacial score (nSPS) is 10.3. The largest absolute Gasteiger partial charge is 0.354 e. The predicted octanol–water partition coefficient (Wildman–Crippen LogP) is 1.55. The van der Waals surface area contributed by atoms with Crippen LogP contribution >= 0.6 is 0 Å². The van der Waals surface area contributed by atoms with Crippen LogP contribution in [0.3, 0.4) is 0 Å². The predicted molar refractivity (Wildman–Crippen MR) is 62.2 cm³/mol. The molecule has 0 radical (unpaired) electrons. The van der Waals surface area contributed by atoms with Crippen molar-refractivity contribution >= 4 is 5.95 Å². The fourth-order valence-corrected chi connectivity index (χ4v) is 1.44. The second-order valence-corrected chi connectivity index (χ2v) is 3.63. The summed E-state index contributed by atoms with van der Waals surface area (Å²) in [5, 5.41) is 10.0. The lowest BCUT2D eigenvalue weighted by molar-refractivity contribution is 0.819. The van der Waals surface area contributed by atoms with Gasteiger partial charge in [-0.15, -0.1) is 0 Å². The zero-order chi connectivity index (χ0) is 11.2. The van der Waals surface area contributed by atoms with Gasteiger partial charge in [0.1, 0.15) is 0 Å². The van der Waals surface area contributed by atoms with Crippen molar-refractivity contribution in [2.24, 2.45) is 0 Å². The quantitative estimate of drug-likeness (QED) is 0.746. The van der Waals surface area contributed by atoms with Gasteiger partial charge in [0.25, 0.3) is 0 Å². The molecule has 0 aliphatic rings. The molecule has 0 saturated heterocycles. The van der Waals surface area contributed by atoms with Gasteiger partial charge in [-0.1, -0.05) is 0 Å². The zero-order valence-corrected chi connectivity index (χ0v) is 9.27. The van der Waals surface area contributed by atoms with Crippen LogP contribution in [0.5, 0.6) is 0 Å². The second-order valence-electron chi connectivity index (χ2n) is 3.63. The molecule has 0 amide bonds. The van der Waals surface area contributed by atoms with Crippen molar-refractivity contribution in [3.63, 3.8) is 0 Å². The number of H-pyrrole nitrogens is 1. The summed E-state index contributed by atoms with van der Waals surface area (Å²) in [7, 11) is 0. The van der Waals surface area contributed by atoms with Crippen molar-refractivity contribution in [1.82, 2.24) is 20.2 Å². The Bertz CT molecular complexity index is 424. The number of anilines is 1. The molecule has 0 atom stereocenters. The van der Waals surface area contributed by atoms with Gasteiger partial charge in [-0.2, -0.15) is 5.10 Å². The third kappa shape index (κ3) is 3.05. The number of nitrogens with one attached hydrogen (secondary N) is 2. The molecule has 2 rings (SSSR count). The summed E-state index contributed by atoms with van der Waals surface area (Å²) >= 11 is 0. The maximum atomic E-state index is 4.27. The number of hydrogen-bond donors (Lipinski definition) is 2. The lowest BCUT2D eigenvalue weighted by atomic mass is 10.2. The van der Waals surface area contributed by atoms with Crippen LogP contribution in [0.2, 0.25) is 0 Å². The van der Waals surface area contributed by atoms with Gasteiger partial charge in [-0.05, 0) is 31.9 Å². The molecule has 5 nitrogen and oxygen atoms in total. The maximum Gasteiger partial charge on any atom is 0.222 e. The molecule has 0 aliphatic heterocycles. The molecule has 2 aromatic rings. The van der Waals surface area contributed by atoms with Crippen molar-refractivity contribution in [1.29, 1.82) is 0 Å². The first-order chi connectivity index (χ1) is 7.84. The average Bonchev–Trinajstić information content (AvgIpc) is 2.77. The molecule has 0 unspecified atom stereocenters. The van der Waals surface area contributed by atoms with E-state index in [4.69, 9.17) is 0 Å². The summed E-state index contributed by atoms with van der Waals surface area (Å²) < 4.78 is 0. The Balaban J connectivity index is 1.72. The van der Waals surface area contributed by atoms with Gasteiger partial charge < -0.3 is 5.32 Å². The molecule has 2 N–H and O–H groups in total. The zero-order valence-electron chi connectivity index (χ0n) is 9.27. The molecule has 0 aromatic carbocycles. The van der Waals surface area contributed by atoms with E-state index in [1.54, 1.807) is 12.4 Å². The molecular formula is C11H15N5. The molecular weight excluding hydrogens is 202 g/mol. The van der Waals surface area contributed by atoms with Gasteiger partial charge in [0, 0.05) is 30.3 Å². The van der Waals surface area contributed by atoms with Gasteiger partial charge >= 0.3 is 0 Å². The van der Waals surface area contributed by atoms with Crippen molar-refractivity contribution in [2.45, 2.75) is 19.8 Å². The Kier molecular flexibility index (Phi) is 3.48. The summed E-state index contributed by atoms with van der Waals surface area (Å²) in [6.07, 6.45) is 5.55. The van der Waals surface area contributed by atoms with Crippen LogP contribution in [0.15, 0.2) is 24.5 Å². The molecule has 16 heavy (non-hydrogen) atoms. The SMILES string of the molecule is Cc1ccnc(NCCCc2ccn[nH]2)n1. The Hall–Kier alpha value is -1.91. The number of nitrogens with zero attached hydrogens (tertiary/aromatic N) is 3. The van der Waals surface area contributed by atoms with Gasteiger partial charge in [0.2, 0.25) is 5.95 Å². The van der Waals surface area contributed by atoms with E-state index in [9.17, 15) is 0 Å². The van der Waals surface area contributed by atoms with E-state index in [1.165, 1.54) is 0 Å². The number of aromatic amines is 1. The highest BCUT2D eigenvalue weighted by atomic mass is 15.1. The van der Waals surface area contributed by atoms with Crippen molar-refractivity contribution < 1.29 is 0 Å². The highest BCUT2D eigenvalue weighted by Gasteiger charge is 1.96. The molecule has 0 bridgehead atoms. The van der Waals surface area contributed by atoms with Crippen LogP contribution < -0.4 is 5.32 Å². The summed E-state index contributed by atoms with van der Waals surface area (Å²) in [5.74, 6) is 0.699. The number of aromatic nitrogens is 4. The summed E-state index contributed by atoms with van der Waals surface area (Å²) in [6, 6.07) is 3.87. The van der Waals surface area contributed by atoms with Gasteiger partial charge in [-0.25, -0.2) is 9.97 Å². The van der Waals surface area contributed by atoms with Gasteiger partial charge in [0.15, 0.2) is 0 Å². The Morgan fingerprint density at radius 2 is 2.25 bits per heavy atom. The standard InChI is InChI=1S/C11H15N5/c1-9-4-7-13-11(15-9)12-6-2-3-10-5-8-14-16-10/h4-5,7-8H,2-3,6H2,1H3,(H,14,16)(H,12,13,15). The van der Waals surface area contributed by atoms with Crippen LogP contribution in [-0.4, -0.2) is 26.7 Å². The average molecular weight is 217 g/mol. The molecule has 0 saturated carbocycles. The van der Waals surface area contributed by atoms with Crippen LogP contribution in [0.1, 0.15) is 17.8 Å².